The van der Waals surface area contributed by atoms with Crippen LogP contribution in [0, 0.1) is 50.7 Å². The van der Waals surface area contributed by atoms with Gasteiger partial charge in [-0.25, -0.2) is 4.79 Å². The molecule has 0 bridgehead atoms. The minimum absolute atomic E-state index is 0.00776. The van der Waals surface area contributed by atoms with E-state index in [-0.39, 0.29) is 40.3 Å². The zero-order chi connectivity index (χ0) is 23.8. The van der Waals surface area contributed by atoms with Crippen molar-refractivity contribution in [1.29, 1.82) is 0 Å². The Kier molecular flexibility index (Phi) is 4.53. The monoisotopic (exact) mass is 460 g/mol. The molecule has 0 aromatic carbocycles. The maximum Gasteiger partial charge on any atom is 0.334 e. The van der Waals surface area contributed by atoms with Crippen molar-refractivity contribution >= 4 is 5.97 Å². The second-order valence-corrected chi connectivity index (χ2v) is 14.0. The summed E-state index contributed by atoms with van der Waals surface area (Å²) in [5.41, 5.74) is 0.420. The van der Waals surface area contributed by atoms with Crippen LogP contribution < -0.4 is 0 Å². The Morgan fingerprint density at radius 3 is 2.33 bits per heavy atom. The Balaban J connectivity index is 1.39. The number of hydrogen-bond donors (Lipinski definition) is 2. The van der Waals surface area contributed by atoms with Gasteiger partial charge in [-0.15, -0.1) is 0 Å². The van der Waals surface area contributed by atoms with Crippen LogP contribution in [0.1, 0.15) is 86.0 Å². The van der Waals surface area contributed by atoms with Crippen LogP contribution in [-0.2, 0) is 14.3 Å². The Morgan fingerprint density at radius 1 is 0.970 bits per heavy atom. The van der Waals surface area contributed by atoms with Crippen LogP contribution in [0.25, 0.3) is 0 Å². The first-order valence-electron chi connectivity index (χ1n) is 13.5. The van der Waals surface area contributed by atoms with Crippen LogP contribution in [0.15, 0.2) is 0 Å². The molecule has 6 fully saturated rings. The van der Waals surface area contributed by atoms with E-state index in [1.54, 1.807) is 0 Å². The minimum Gasteiger partial charge on any atom is -0.467 e. The van der Waals surface area contributed by atoms with E-state index in [4.69, 9.17) is 9.47 Å². The van der Waals surface area contributed by atoms with Crippen molar-refractivity contribution in [2.75, 3.05) is 7.11 Å². The molecule has 5 heteroatoms. The lowest BCUT2D eigenvalue weighted by Crippen LogP contribution is -2.59. The number of carbonyl (C=O) groups is 1. The van der Waals surface area contributed by atoms with Gasteiger partial charge in [0, 0.05) is 5.41 Å². The molecule has 1 heterocycles. The Morgan fingerprint density at radius 2 is 1.64 bits per heavy atom. The van der Waals surface area contributed by atoms with Gasteiger partial charge in [-0.1, -0.05) is 34.6 Å². The molecule has 1 aliphatic heterocycles. The Hall–Kier alpha value is -0.650. The van der Waals surface area contributed by atoms with Crippen LogP contribution >= 0.6 is 0 Å². The number of ether oxygens (including phenoxy) is 2. The molecular formula is C28H44O5. The second kappa shape index (κ2) is 6.56. The quantitative estimate of drug-likeness (QED) is 0.570. The zero-order valence-corrected chi connectivity index (χ0v) is 21.4. The fraction of sp³-hybridized carbons (Fsp3) is 0.964. The number of methoxy groups -OCH3 is 1. The van der Waals surface area contributed by atoms with Gasteiger partial charge >= 0.3 is 5.97 Å². The number of aliphatic hydroxyl groups excluding tert-OH is 2. The normalized spacial score (nSPS) is 60.5. The van der Waals surface area contributed by atoms with E-state index in [1.165, 1.54) is 20.0 Å². The summed E-state index contributed by atoms with van der Waals surface area (Å²) in [6.07, 6.45) is 7.09. The largest absolute Gasteiger partial charge is 0.467 e. The van der Waals surface area contributed by atoms with Gasteiger partial charge in [0.2, 0.25) is 0 Å². The van der Waals surface area contributed by atoms with Crippen LogP contribution in [0.4, 0.5) is 0 Å². The summed E-state index contributed by atoms with van der Waals surface area (Å²) in [7, 11) is 1.42. The van der Waals surface area contributed by atoms with Gasteiger partial charge in [-0.3, -0.25) is 0 Å². The fourth-order valence-electron chi connectivity index (χ4n) is 11.6. The van der Waals surface area contributed by atoms with Crippen molar-refractivity contribution in [3.8, 4) is 0 Å². The second-order valence-electron chi connectivity index (χ2n) is 14.0. The summed E-state index contributed by atoms with van der Waals surface area (Å²) >= 11 is 0. The van der Waals surface area contributed by atoms with Crippen LogP contribution in [0.5, 0.6) is 0 Å². The third-order valence-electron chi connectivity index (χ3n) is 13.2. The molecule has 2 spiro atoms. The van der Waals surface area contributed by atoms with E-state index in [9.17, 15) is 15.0 Å². The van der Waals surface area contributed by atoms with E-state index < -0.39 is 12.2 Å². The van der Waals surface area contributed by atoms with Gasteiger partial charge in [0.15, 0.2) is 6.10 Å². The van der Waals surface area contributed by atoms with Gasteiger partial charge in [0.25, 0.3) is 0 Å². The molecule has 0 aromatic heterocycles. The van der Waals surface area contributed by atoms with Crippen molar-refractivity contribution < 1.29 is 24.5 Å². The minimum atomic E-state index is -0.564. The highest BCUT2D eigenvalue weighted by Crippen LogP contribution is 2.89. The predicted octanol–water partition coefficient (Wildman–Crippen LogP) is 4.33. The summed E-state index contributed by atoms with van der Waals surface area (Å²) in [5, 5.41) is 22.9. The Labute approximate surface area is 199 Å². The van der Waals surface area contributed by atoms with Crippen molar-refractivity contribution in [3.63, 3.8) is 0 Å². The maximum atomic E-state index is 12.4. The Bertz CT molecular complexity index is 870. The molecule has 186 valence electrons. The molecule has 0 radical (unpaired) electrons. The molecule has 5 saturated carbocycles. The van der Waals surface area contributed by atoms with Crippen LogP contribution in [-0.4, -0.2) is 47.7 Å². The highest BCUT2D eigenvalue weighted by Gasteiger charge is 2.84. The molecule has 6 aliphatic rings. The summed E-state index contributed by atoms with van der Waals surface area (Å²) in [5.74, 6) is 1.35. The highest BCUT2D eigenvalue weighted by atomic mass is 16.6. The molecule has 6 rings (SSSR count). The highest BCUT2D eigenvalue weighted by molar-refractivity contribution is 5.74. The zero-order valence-electron chi connectivity index (χ0n) is 21.4. The number of aliphatic hydroxyl groups is 2. The van der Waals surface area contributed by atoms with E-state index in [2.05, 4.69) is 34.6 Å². The molecule has 1 saturated heterocycles. The van der Waals surface area contributed by atoms with E-state index in [0.29, 0.717) is 35.0 Å². The summed E-state index contributed by atoms with van der Waals surface area (Å²) in [6.45, 7) is 11.7. The third kappa shape index (κ3) is 2.34. The van der Waals surface area contributed by atoms with E-state index in [1.807, 2.05) is 0 Å². The predicted molar refractivity (Wildman–Crippen MR) is 124 cm³/mol. The number of esters is 1. The third-order valence-corrected chi connectivity index (χ3v) is 13.2. The molecule has 12 atom stereocenters. The molecule has 33 heavy (non-hydrogen) atoms. The first-order chi connectivity index (χ1) is 15.4. The molecular weight excluding hydrogens is 416 g/mol. The topological polar surface area (TPSA) is 76.0 Å². The van der Waals surface area contributed by atoms with Crippen LogP contribution in [0.2, 0.25) is 0 Å². The summed E-state index contributed by atoms with van der Waals surface area (Å²) in [4.78, 5) is 12.4. The average molecular weight is 461 g/mol. The van der Waals surface area contributed by atoms with Gasteiger partial charge in [-0.05, 0) is 96.7 Å². The smallest absolute Gasteiger partial charge is 0.334 e. The summed E-state index contributed by atoms with van der Waals surface area (Å²) < 4.78 is 11.4. The molecule has 0 amide bonds. The van der Waals surface area contributed by atoms with Gasteiger partial charge in [-0.2, -0.15) is 0 Å². The number of carbonyl (C=O) groups excluding carboxylic acids is 1. The van der Waals surface area contributed by atoms with E-state index >= 15 is 0 Å². The van der Waals surface area contributed by atoms with Crippen molar-refractivity contribution in [3.05, 3.63) is 0 Å². The molecule has 3 unspecified atom stereocenters. The number of fused-ring (bicyclic) bond motifs is 4. The average Bonchev–Trinajstić information content (AvgIpc) is 3.41. The van der Waals surface area contributed by atoms with Crippen molar-refractivity contribution in [2.45, 2.75) is 110 Å². The molecule has 5 nitrogen and oxygen atoms in total. The lowest BCUT2D eigenvalue weighted by molar-refractivity contribution is -0.184. The van der Waals surface area contributed by atoms with Crippen molar-refractivity contribution in [1.82, 2.24) is 0 Å². The fourth-order valence-corrected chi connectivity index (χ4v) is 11.6. The number of rotatable bonds is 1. The van der Waals surface area contributed by atoms with Crippen LogP contribution in [0.3, 0.4) is 0 Å². The molecule has 5 aliphatic carbocycles. The molecule has 2 N–H and O–H groups in total. The van der Waals surface area contributed by atoms with Crippen molar-refractivity contribution in [2.24, 2.45) is 50.7 Å². The first-order valence-corrected chi connectivity index (χ1v) is 13.5. The van der Waals surface area contributed by atoms with Gasteiger partial charge in [0.05, 0.1) is 25.4 Å². The molecule has 0 aromatic rings. The SMILES string of the molecule is COC(=O)C1C[C@@H](C)[C@H]2C(O1)[C@H](O)[C@@]1(C)C3CC[C@H]4C(C)(C)[C@@H](O)CC[C@@]45C[C@@]35CC[C@]21C. The lowest BCUT2D eigenvalue weighted by atomic mass is 9.41. The van der Waals surface area contributed by atoms with Gasteiger partial charge in [0.1, 0.15) is 0 Å². The van der Waals surface area contributed by atoms with Gasteiger partial charge < -0.3 is 19.7 Å². The number of hydrogen-bond acceptors (Lipinski definition) is 5. The summed E-state index contributed by atoms with van der Waals surface area (Å²) in [6, 6.07) is 0. The standard InChI is InChI=1S/C28H44O5/c1-15-13-16(23(31)32-6)33-21-20(15)25(4)11-12-28-14-27(28)10-9-19(29)24(2,3)17(27)7-8-18(28)26(25,5)22(21)30/h15-22,29-30H,7-14H2,1-6H3/t15-,16?,17+,18?,19+,20+,21?,22+,25-,26-,27-,28+/m1/s1. The maximum absolute atomic E-state index is 12.4. The van der Waals surface area contributed by atoms with E-state index in [0.717, 1.165) is 32.1 Å². The first kappa shape index (κ1) is 22.8. The lowest BCUT2D eigenvalue weighted by Gasteiger charge is -2.63.